The molecule has 0 saturated heterocycles. The molecule has 0 atom stereocenters. The molecule has 0 fully saturated rings. The molecule has 166 valence electrons. The predicted molar refractivity (Wildman–Crippen MR) is 126 cm³/mol. The van der Waals surface area contributed by atoms with E-state index in [1.165, 1.54) is 11.3 Å². The molecule has 2 heterocycles. The van der Waals surface area contributed by atoms with E-state index in [1.54, 1.807) is 14.2 Å². The first-order valence-corrected chi connectivity index (χ1v) is 10.9. The van der Waals surface area contributed by atoms with Crippen molar-refractivity contribution in [1.29, 1.82) is 0 Å². The van der Waals surface area contributed by atoms with Gasteiger partial charge in [-0.25, -0.2) is 4.68 Å². The molecule has 2 aromatic carbocycles. The minimum atomic E-state index is 0.234. The molecule has 1 aliphatic rings. The molecule has 0 radical (unpaired) electrons. The topological polar surface area (TPSA) is 66.6 Å². The lowest BCUT2D eigenvalue weighted by atomic mass is 10.1. The van der Waals surface area contributed by atoms with Gasteiger partial charge in [0, 0.05) is 16.5 Å². The average Bonchev–Trinajstić information content (AvgIpc) is 3.43. The summed E-state index contributed by atoms with van der Waals surface area (Å²) in [6.07, 6.45) is 0. The first kappa shape index (κ1) is 21.7. The van der Waals surface area contributed by atoms with E-state index in [0.717, 1.165) is 50.2 Å². The van der Waals surface area contributed by atoms with Crippen molar-refractivity contribution >= 4 is 17.0 Å². The highest BCUT2D eigenvalue weighted by atomic mass is 32.1. The number of nitrogens with zero attached hydrogens (tertiary/aromatic N) is 3. The van der Waals surface area contributed by atoms with E-state index in [1.807, 2.05) is 60.3 Å². The Balaban J connectivity index is 1.86. The fourth-order valence-corrected chi connectivity index (χ4v) is 4.06. The second-order valence-electron chi connectivity index (χ2n) is 7.31. The maximum Gasteiger partial charge on any atom is 0.231 e. The van der Waals surface area contributed by atoms with Gasteiger partial charge in [-0.05, 0) is 50.2 Å². The fourth-order valence-electron chi connectivity index (χ4n) is 3.24. The second-order valence-corrected chi connectivity index (χ2v) is 8.14. The highest BCUT2D eigenvalue weighted by Gasteiger charge is 2.17. The Morgan fingerprint density at radius 2 is 1.91 bits per heavy atom. The van der Waals surface area contributed by atoms with Crippen molar-refractivity contribution < 1.29 is 18.9 Å². The van der Waals surface area contributed by atoms with Gasteiger partial charge < -0.3 is 18.9 Å². The van der Waals surface area contributed by atoms with Crippen molar-refractivity contribution in [3.63, 3.8) is 0 Å². The number of methoxy groups -OCH3 is 2. The lowest BCUT2D eigenvalue weighted by Gasteiger charge is -2.12. The Morgan fingerprint density at radius 3 is 2.66 bits per heavy atom. The van der Waals surface area contributed by atoms with Gasteiger partial charge in [0.25, 0.3) is 0 Å². The summed E-state index contributed by atoms with van der Waals surface area (Å²) >= 11 is 1.51. The zero-order chi connectivity index (χ0) is 22.7. The summed E-state index contributed by atoms with van der Waals surface area (Å²) in [6.45, 7) is 8.62. The van der Waals surface area contributed by atoms with Crippen LogP contribution in [0.25, 0.3) is 11.3 Å². The Kier molecular flexibility index (Phi) is 6.32. The molecular weight excluding hydrogens is 426 g/mol. The molecule has 0 N–H and O–H groups in total. The number of ether oxygens (including phenoxy) is 4. The van der Waals surface area contributed by atoms with Crippen molar-refractivity contribution in [3.05, 3.63) is 64.3 Å². The van der Waals surface area contributed by atoms with Gasteiger partial charge in [-0.3, -0.25) is 4.99 Å². The first-order valence-electron chi connectivity index (χ1n) is 10.0. The average molecular weight is 452 g/mol. The van der Waals surface area contributed by atoms with Crippen molar-refractivity contribution in [2.75, 3.05) is 27.6 Å². The van der Waals surface area contributed by atoms with Crippen molar-refractivity contribution in [3.8, 4) is 34.3 Å². The van der Waals surface area contributed by atoms with Crippen LogP contribution in [-0.2, 0) is 0 Å². The van der Waals surface area contributed by atoms with Gasteiger partial charge in [0.2, 0.25) is 11.6 Å². The van der Waals surface area contributed by atoms with Gasteiger partial charge in [0.1, 0.15) is 11.5 Å². The molecule has 7 nitrogen and oxygen atoms in total. The monoisotopic (exact) mass is 451 g/mol. The molecule has 0 bridgehead atoms. The van der Waals surface area contributed by atoms with E-state index in [0.29, 0.717) is 12.3 Å². The molecule has 0 aliphatic carbocycles. The molecule has 0 amide bonds. The Bertz CT molecular complexity index is 1260. The number of rotatable bonds is 7. The number of hydrogen-bond acceptors (Lipinski definition) is 7. The molecule has 3 aromatic rings. The molecule has 4 rings (SSSR count). The van der Waals surface area contributed by atoms with Crippen molar-refractivity contribution in [1.82, 2.24) is 4.68 Å². The van der Waals surface area contributed by atoms with E-state index >= 15 is 0 Å². The molecule has 0 saturated carbocycles. The van der Waals surface area contributed by atoms with E-state index in [2.05, 4.69) is 6.58 Å². The Hall–Kier alpha value is -3.52. The minimum Gasteiger partial charge on any atom is -0.497 e. The number of benzene rings is 2. The maximum atomic E-state index is 5.61. The highest BCUT2D eigenvalue weighted by Crippen LogP contribution is 2.35. The number of hydrogen-bond donors (Lipinski definition) is 0. The molecular formula is C24H25N3O4S. The van der Waals surface area contributed by atoms with Crippen molar-refractivity contribution in [2.24, 2.45) is 10.1 Å². The normalized spacial score (nSPS) is 13.4. The van der Waals surface area contributed by atoms with Crippen molar-refractivity contribution in [2.45, 2.75) is 13.8 Å². The molecule has 32 heavy (non-hydrogen) atoms. The number of aromatic nitrogens is 1. The zero-order valence-corrected chi connectivity index (χ0v) is 19.4. The fraction of sp³-hybridized carbons (Fsp3) is 0.250. The molecule has 8 heteroatoms. The third kappa shape index (κ3) is 4.40. The largest absolute Gasteiger partial charge is 0.497 e. The van der Waals surface area contributed by atoms with Gasteiger partial charge >= 0.3 is 0 Å². The first-order chi connectivity index (χ1) is 15.5. The second kappa shape index (κ2) is 9.32. The molecule has 1 aromatic heterocycles. The standard InChI is InChI=1S/C24H25N3O4S/c1-15(2)12-25-24-27(26-16(3)17-6-8-22-23(10-17)31-14-30-22)20(13-32-24)19-11-18(28-4)7-9-21(19)29-5/h6-11,13H,1,12,14H2,2-5H3. The van der Waals surface area contributed by atoms with Crippen LogP contribution >= 0.6 is 11.3 Å². The van der Waals surface area contributed by atoms with Crippen LogP contribution in [0.15, 0.2) is 64.0 Å². The van der Waals surface area contributed by atoms with Crippen LogP contribution in [0.1, 0.15) is 19.4 Å². The van der Waals surface area contributed by atoms with Gasteiger partial charge in [-0.1, -0.05) is 12.2 Å². The lowest BCUT2D eigenvalue weighted by Crippen LogP contribution is -2.15. The van der Waals surface area contributed by atoms with E-state index in [4.69, 9.17) is 29.0 Å². The summed E-state index contributed by atoms with van der Waals surface area (Å²) in [4.78, 5) is 5.47. The highest BCUT2D eigenvalue weighted by molar-refractivity contribution is 7.07. The van der Waals surface area contributed by atoms with Crippen LogP contribution in [0, 0.1) is 0 Å². The Labute approximate surface area is 190 Å². The summed E-state index contributed by atoms with van der Waals surface area (Å²) in [5.74, 6) is 2.91. The molecule has 1 aliphatic heterocycles. The van der Waals surface area contributed by atoms with Gasteiger partial charge in [-0.15, -0.1) is 11.3 Å². The van der Waals surface area contributed by atoms with E-state index in [9.17, 15) is 0 Å². The number of fused-ring (bicyclic) bond motifs is 1. The zero-order valence-electron chi connectivity index (χ0n) is 18.5. The predicted octanol–water partition coefficient (Wildman–Crippen LogP) is 4.71. The van der Waals surface area contributed by atoms with Gasteiger partial charge in [-0.2, -0.15) is 5.10 Å². The smallest absolute Gasteiger partial charge is 0.231 e. The summed E-state index contributed by atoms with van der Waals surface area (Å²) in [5.41, 5.74) is 4.43. The van der Waals surface area contributed by atoms with Crippen LogP contribution < -0.4 is 23.7 Å². The lowest BCUT2D eigenvalue weighted by molar-refractivity contribution is 0.174. The van der Waals surface area contributed by atoms with Gasteiger partial charge in [0.05, 0.1) is 32.2 Å². The Morgan fingerprint density at radius 1 is 1.09 bits per heavy atom. The maximum absolute atomic E-state index is 5.61. The molecule has 0 unspecified atom stereocenters. The van der Waals surface area contributed by atoms with Crippen LogP contribution in [0.3, 0.4) is 0 Å². The summed E-state index contributed by atoms with van der Waals surface area (Å²) in [7, 11) is 3.29. The summed E-state index contributed by atoms with van der Waals surface area (Å²) in [5, 5.41) is 6.95. The van der Waals surface area contributed by atoms with Crippen LogP contribution in [0.5, 0.6) is 23.0 Å². The van der Waals surface area contributed by atoms with Gasteiger partial charge in [0.15, 0.2) is 11.5 Å². The number of thiazole rings is 1. The minimum absolute atomic E-state index is 0.234. The SMILES string of the molecule is C=C(C)CN=c1scc(-c2cc(OC)ccc2OC)n1N=C(C)c1ccc2c(c1)OCO2. The van der Waals surface area contributed by atoms with Crippen LogP contribution in [0.4, 0.5) is 0 Å². The summed E-state index contributed by atoms with van der Waals surface area (Å²) < 4.78 is 23.8. The molecule has 0 spiro atoms. The van der Waals surface area contributed by atoms with E-state index < -0.39 is 0 Å². The van der Waals surface area contributed by atoms with E-state index in [-0.39, 0.29) is 6.79 Å². The quantitative estimate of drug-likeness (QED) is 0.385. The van der Waals surface area contributed by atoms with Crippen LogP contribution in [0.2, 0.25) is 0 Å². The van der Waals surface area contributed by atoms with Crippen LogP contribution in [-0.4, -0.2) is 37.9 Å². The third-order valence-electron chi connectivity index (χ3n) is 4.89. The summed E-state index contributed by atoms with van der Waals surface area (Å²) in [6, 6.07) is 11.5. The third-order valence-corrected chi connectivity index (χ3v) is 5.75.